The fourth-order valence-corrected chi connectivity index (χ4v) is 2.60. The van der Waals surface area contributed by atoms with Gasteiger partial charge in [-0.2, -0.15) is 0 Å². The second kappa shape index (κ2) is 5.39. The van der Waals surface area contributed by atoms with Gasteiger partial charge in [0.1, 0.15) is 5.82 Å². The Labute approximate surface area is 115 Å². The number of nitro benzene ring substituents is 1. The van der Waals surface area contributed by atoms with E-state index in [2.05, 4.69) is 14.7 Å². The Hall–Kier alpha value is -2.26. The van der Waals surface area contributed by atoms with Crippen LogP contribution in [0.15, 0.2) is 35.5 Å². The van der Waals surface area contributed by atoms with Crippen LogP contribution in [0.1, 0.15) is 11.4 Å². The molecule has 0 saturated carbocycles. The van der Waals surface area contributed by atoms with Crippen LogP contribution in [0.3, 0.4) is 0 Å². The van der Waals surface area contributed by atoms with Crippen molar-refractivity contribution in [2.45, 2.75) is 18.5 Å². The number of para-hydroxylation sites is 1. The molecule has 0 saturated heterocycles. The fourth-order valence-electron chi connectivity index (χ4n) is 1.62. The average Bonchev–Trinajstić information content (AvgIpc) is 2.84. The molecule has 0 aliphatic heterocycles. The summed E-state index contributed by atoms with van der Waals surface area (Å²) in [5.41, 5.74) is 0.160. The van der Waals surface area contributed by atoms with Crippen molar-refractivity contribution in [2.24, 2.45) is 0 Å². The lowest BCUT2D eigenvalue weighted by Crippen LogP contribution is -2.24. The maximum Gasteiger partial charge on any atom is 0.273 e. The van der Waals surface area contributed by atoms with Gasteiger partial charge < -0.3 is 4.98 Å². The Morgan fingerprint density at radius 1 is 1.40 bits per heavy atom. The van der Waals surface area contributed by atoms with Crippen LogP contribution in [0.4, 0.5) is 5.69 Å². The zero-order valence-corrected chi connectivity index (χ0v) is 11.3. The van der Waals surface area contributed by atoms with Crippen LogP contribution in [0.2, 0.25) is 0 Å². The molecule has 106 valence electrons. The van der Waals surface area contributed by atoms with Crippen molar-refractivity contribution in [3.63, 3.8) is 0 Å². The molecular formula is C11H12N4O4S. The molecule has 0 spiro atoms. The number of nitro groups is 1. The Balaban J connectivity index is 2.19. The molecule has 0 radical (unpaired) electrons. The number of aryl methyl sites for hydroxylation is 1. The summed E-state index contributed by atoms with van der Waals surface area (Å²) in [6.07, 6.45) is 1.19. The second-order valence-electron chi connectivity index (χ2n) is 4.04. The summed E-state index contributed by atoms with van der Waals surface area (Å²) in [6, 6.07) is 5.95. The van der Waals surface area contributed by atoms with Gasteiger partial charge in [-0.1, -0.05) is 18.2 Å². The van der Waals surface area contributed by atoms with Gasteiger partial charge in [0.2, 0.25) is 0 Å². The summed E-state index contributed by atoms with van der Waals surface area (Å²) in [5.74, 6) is 0.469. The van der Waals surface area contributed by atoms with Gasteiger partial charge in [0.15, 0.2) is 5.03 Å². The highest BCUT2D eigenvalue weighted by molar-refractivity contribution is 7.89. The van der Waals surface area contributed by atoms with Crippen LogP contribution in [-0.2, 0) is 16.6 Å². The maximum atomic E-state index is 11.9. The molecule has 2 N–H and O–H groups in total. The number of sulfonamides is 1. The van der Waals surface area contributed by atoms with E-state index in [-0.39, 0.29) is 22.8 Å². The first kappa shape index (κ1) is 14.2. The van der Waals surface area contributed by atoms with E-state index in [1.807, 2.05) is 0 Å². The second-order valence-corrected chi connectivity index (χ2v) is 5.78. The summed E-state index contributed by atoms with van der Waals surface area (Å²) in [7, 11) is -3.77. The minimum absolute atomic E-state index is 0.0754. The van der Waals surface area contributed by atoms with Crippen molar-refractivity contribution >= 4 is 15.7 Å². The fraction of sp³-hybridized carbons (Fsp3) is 0.182. The number of benzene rings is 1. The van der Waals surface area contributed by atoms with Gasteiger partial charge in [-0.15, -0.1) is 0 Å². The standard InChI is InChI=1S/C11H12N4O4S/c1-8-12-7-11(14-8)20(18,19)13-6-9-4-2-3-5-10(9)15(16)17/h2-5,7,13H,6H2,1H3,(H,12,14). The lowest BCUT2D eigenvalue weighted by Gasteiger charge is -2.05. The third kappa shape index (κ3) is 3.00. The first-order valence-electron chi connectivity index (χ1n) is 5.64. The van der Waals surface area contributed by atoms with Gasteiger partial charge in [0.05, 0.1) is 11.1 Å². The van der Waals surface area contributed by atoms with E-state index < -0.39 is 14.9 Å². The van der Waals surface area contributed by atoms with E-state index in [4.69, 9.17) is 0 Å². The Morgan fingerprint density at radius 2 is 2.10 bits per heavy atom. The molecule has 0 bridgehead atoms. The number of rotatable bonds is 5. The van der Waals surface area contributed by atoms with Gasteiger partial charge in [0.25, 0.3) is 15.7 Å². The monoisotopic (exact) mass is 296 g/mol. The molecule has 0 fully saturated rings. The molecule has 1 aromatic carbocycles. The molecule has 9 heteroatoms. The summed E-state index contributed by atoms with van der Waals surface area (Å²) in [4.78, 5) is 16.7. The molecule has 0 aliphatic rings. The van der Waals surface area contributed by atoms with E-state index in [0.29, 0.717) is 5.82 Å². The minimum atomic E-state index is -3.77. The lowest BCUT2D eigenvalue weighted by molar-refractivity contribution is -0.385. The molecule has 2 aromatic rings. The summed E-state index contributed by atoms with van der Waals surface area (Å²) in [5, 5.41) is 10.8. The molecule has 0 aliphatic carbocycles. The van der Waals surface area contributed by atoms with E-state index in [0.717, 1.165) is 0 Å². The van der Waals surface area contributed by atoms with E-state index >= 15 is 0 Å². The van der Waals surface area contributed by atoms with Crippen LogP contribution < -0.4 is 4.72 Å². The van der Waals surface area contributed by atoms with Crippen LogP contribution >= 0.6 is 0 Å². The van der Waals surface area contributed by atoms with Crippen molar-refractivity contribution in [1.29, 1.82) is 0 Å². The van der Waals surface area contributed by atoms with Crippen molar-refractivity contribution in [1.82, 2.24) is 14.7 Å². The van der Waals surface area contributed by atoms with Gasteiger partial charge in [0, 0.05) is 18.2 Å². The number of nitrogens with one attached hydrogen (secondary N) is 2. The van der Waals surface area contributed by atoms with Crippen molar-refractivity contribution in [2.75, 3.05) is 0 Å². The number of aromatic nitrogens is 2. The Morgan fingerprint density at radius 3 is 2.70 bits per heavy atom. The largest absolute Gasteiger partial charge is 0.332 e. The third-order valence-electron chi connectivity index (χ3n) is 2.61. The van der Waals surface area contributed by atoms with Crippen molar-refractivity contribution in [3.05, 3.63) is 52.0 Å². The van der Waals surface area contributed by atoms with Gasteiger partial charge >= 0.3 is 0 Å². The minimum Gasteiger partial charge on any atom is -0.332 e. The number of H-pyrrole nitrogens is 1. The van der Waals surface area contributed by atoms with E-state index in [1.165, 1.54) is 24.4 Å². The first-order valence-corrected chi connectivity index (χ1v) is 7.12. The van der Waals surface area contributed by atoms with Crippen molar-refractivity contribution < 1.29 is 13.3 Å². The van der Waals surface area contributed by atoms with Crippen LogP contribution in [0.5, 0.6) is 0 Å². The highest BCUT2D eigenvalue weighted by Crippen LogP contribution is 2.18. The SMILES string of the molecule is Cc1ncc(S(=O)(=O)NCc2ccccc2[N+](=O)[O-])[nH]1. The van der Waals surface area contributed by atoms with E-state index in [1.54, 1.807) is 13.0 Å². The Kier molecular flexibility index (Phi) is 3.81. The predicted molar refractivity (Wildman–Crippen MR) is 70.4 cm³/mol. The number of imidazole rings is 1. The highest BCUT2D eigenvalue weighted by atomic mass is 32.2. The third-order valence-corrected chi connectivity index (χ3v) is 3.92. The lowest BCUT2D eigenvalue weighted by atomic mass is 10.2. The van der Waals surface area contributed by atoms with Gasteiger partial charge in [-0.25, -0.2) is 18.1 Å². The summed E-state index contributed by atoms with van der Waals surface area (Å²) in [6.45, 7) is 1.46. The number of hydrogen-bond donors (Lipinski definition) is 2. The van der Waals surface area contributed by atoms with Crippen molar-refractivity contribution in [3.8, 4) is 0 Å². The maximum absolute atomic E-state index is 11.9. The molecule has 20 heavy (non-hydrogen) atoms. The molecule has 0 unspecified atom stereocenters. The number of hydrogen-bond acceptors (Lipinski definition) is 5. The zero-order chi connectivity index (χ0) is 14.8. The van der Waals surface area contributed by atoms with Crippen LogP contribution in [0, 0.1) is 17.0 Å². The van der Waals surface area contributed by atoms with Crippen LogP contribution in [-0.4, -0.2) is 23.3 Å². The topological polar surface area (TPSA) is 118 Å². The number of aromatic amines is 1. The smallest absolute Gasteiger partial charge is 0.273 e. The average molecular weight is 296 g/mol. The highest BCUT2D eigenvalue weighted by Gasteiger charge is 2.19. The molecule has 1 heterocycles. The number of nitrogens with zero attached hydrogens (tertiary/aromatic N) is 2. The summed E-state index contributed by atoms with van der Waals surface area (Å²) < 4.78 is 26.2. The molecule has 1 aromatic heterocycles. The molecule has 0 amide bonds. The normalized spacial score (nSPS) is 11.4. The van der Waals surface area contributed by atoms with Gasteiger partial charge in [-0.05, 0) is 6.92 Å². The Bertz CT molecular complexity index is 738. The zero-order valence-electron chi connectivity index (χ0n) is 10.5. The quantitative estimate of drug-likeness (QED) is 0.632. The van der Waals surface area contributed by atoms with Gasteiger partial charge in [-0.3, -0.25) is 10.1 Å². The molecule has 0 atom stereocenters. The molecule has 2 rings (SSSR count). The van der Waals surface area contributed by atoms with E-state index in [9.17, 15) is 18.5 Å². The summed E-state index contributed by atoms with van der Waals surface area (Å²) >= 11 is 0. The predicted octanol–water partition coefficient (Wildman–Crippen LogP) is 1.10. The molecule has 8 nitrogen and oxygen atoms in total. The first-order chi connectivity index (χ1) is 9.40. The van der Waals surface area contributed by atoms with Crippen LogP contribution in [0.25, 0.3) is 0 Å². The molecular weight excluding hydrogens is 284 g/mol.